The van der Waals surface area contributed by atoms with E-state index in [1.807, 2.05) is 0 Å². The van der Waals surface area contributed by atoms with Crippen LogP contribution in [0, 0.1) is 5.41 Å². The molecule has 0 heterocycles. The lowest BCUT2D eigenvalue weighted by molar-refractivity contribution is -0.408. The van der Waals surface area contributed by atoms with Crippen molar-refractivity contribution in [1.82, 2.24) is 0 Å². The number of aliphatic hydroxyl groups is 1. The minimum Gasteiger partial charge on any atom is -0.386 e. The van der Waals surface area contributed by atoms with Gasteiger partial charge in [-0.2, -0.15) is 39.5 Å². The van der Waals surface area contributed by atoms with Crippen molar-refractivity contribution < 1.29 is 49.4 Å². The molecule has 1 aliphatic rings. The first-order valence-corrected chi connectivity index (χ1v) is 5.45. The molecular weight excluding hydrogens is 323 g/mol. The molecule has 1 fully saturated rings. The van der Waals surface area contributed by atoms with Crippen LogP contribution in [-0.2, 0) is 4.79 Å². The van der Waals surface area contributed by atoms with Gasteiger partial charge in [-0.1, -0.05) is 0 Å². The summed E-state index contributed by atoms with van der Waals surface area (Å²) in [5, 5.41) is 9.15. The van der Waals surface area contributed by atoms with E-state index < -0.39 is 54.1 Å². The Labute approximate surface area is 111 Å². The monoisotopic (exact) mass is 332 g/mol. The van der Waals surface area contributed by atoms with E-state index in [9.17, 15) is 44.3 Å². The van der Waals surface area contributed by atoms with Crippen molar-refractivity contribution in [2.24, 2.45) is 5.41 Å². The fraction of sp³-hybridized carbons (Fsp3) is 0.900. The van der Waals surface area contributed by atoms with E-state index in [-0.39, 0.29) is 0 Å². The van der Waals surface area contributed by atoms with Crippen LogP contribution >= 0.6 is 0 Å². The summed E-state index contributed by atoms with van der Waals surface area (Å²) in [5.41, 5.74) is -2.42. The zero-order valence-electron chi connectivity index (χ0n) is 10.2. The number of hydrogen-bond donors (Lipinski definition) is 1. The van der Waals surface area contributed by atoms with E-state index in [1.165, 1.54) is 0 Å². The molecule has 11 heteroatoms. The summed E-state index contributed by atoms with van der Waals surface area (Å²) in [5.74, 6) is -21.3. The Morgan fingerprint density at radius 2 is 1.33 bits per heavy atom. The quantitative estimate of drug-likeness (QED) is 0.785. The van der Waals surface area contributed by atoms with E-state index in [0.717, 1.165) is 0 Å². The van der Waals surface area contributed by atoms with E-state index in [1.54, 1.807) is 0 Å². The van der Waals surface area contributed by atoms with E-state index in [4.69, 9.17) is 5.11 Å². The fourth-order valence-corrected chi connectivity index (χ4v) is 1.86. The third-order valence-electron chi connectivity index (χ3n) is 3.53. The third-order valence-corrected chi connectivity index (χ3v) is 3.53. The normalized spacial score (nSPS) is 21.1. The van der Waals surface area contributed by atoms with Gasteiger partial charge in [0.15, 0.2) is 0 Å². The predicted octanol–water partition coefficient (Wildman–Crippen LogP) is 3.18. The third kappa shape index (κ3) is 2.29. The highest BCUT2D eigenvalue weighted by molar-refractivity contribution is 5.86. The summed E-state index contributed by atoms with van der Waals surface area (Å²) in [4.78, 5) is 11.0. The summed E-state index contributed by atoms with van der Waals surface area (Å²) >= 11 is 0. The first-order valence-electron chi connectivity index (χ1n) is 5.45. The number of ketones is 1. The van der Waals surface area contributed by atoms with Crippen LogP contribution in [0.25, 0.3) is 0 Å². The second-order valence-corrected chi connectivity index (χ2v) is 4.88. The molecule has 1 atom stereocenters. The standard InChI is InChI=1S/C10H9F9O2/c1-4(20)6(2-3-6)5(21)7(11,12)8(13,14)9(15,16)10(17,18)19/h5,21H,2-3H2,1H3. The van der Waals surface area contributed by atoms with E-state index >= 15 is 0 Å². The molecule has 0 saturated heterocycles. The summed E-state index contributed by atoms with van der Waals surface area (Å²) in [6.45, 7) is 0.645. The molecule has 1 saturated carbocycles. The Balaban J connectivity index is 3.26. The summed E-state index contributed by atoms with van der Waals surface area (Å²) in [6.07, 6.45) is -11.6. The molecule has 2 nitrogen and oxygen atoms in total. The summed E-state index contributed by atoms with van der Waals surface area (Å²) < 4.78 is 114. The second-order valence-electron chi connectivity index (χ2n) is 4.88. The van der Waals surface area contributed by atoms with Crippen molar-refractivity contribution in [2.75, 3.05) is 0 Å². The van der Waals surface area contributed by atoms with Gasteiger partial charge in [-0.3, -0.25) is 4.79 Å². The molecule has 0 aliphatic heterocycles. The lowest BCUT2D eigenvalue weighted by Crippen LogP contribution is -2.66. The first kappa shape index (κ1) is 18.1. The van der Waals surface area contributed by atoms with Crippen molar-refractivity contribution in [2.45, 2.75) is 49.8 Å². The molecule has 1 aliphatic carbocycles. The van der Waals surface area contributed by atoms with Crippen molar-refractivity contribution >= 4 is 5.78 Å². The van der Waals surface area contributed by atoms with Gasteiger partial charge >= 0.3 is 23.9 Å². The van der Waals surface area contributed by atoms with Gasteiger partial charge in [0.2, 0.25) is 0 Å². The average Bonchev–Trinajstić information content (AvgIpc) is 3.06. The Hall–Kier alpha value is -1.00. The Bertz CT molecular complexity index is 436. The average molecular weight is 332 g/mol. The number of carbonyl (C=O) groups is 1. The maximum Gasteiger partial charge on any atom is 0.460 e. The maximum absolute atomic E-state index is 13.4. The fourth-order valence-electron chi connectivity index (χ4n) is 1.86. The summed E-state index contributed by atoms with van der Waals surface area (Å²) in [6, 6.07) is 0. The van der Waals surface area contributed by atoms with Crippen molar-refractivity contribution in [1.29, 1.82) is 0 Å². The molecule has 0 aromatic carbocycles. The van der Waals surface area contributed by atoms with E-state index in [2.05, 4.69) is 0 Å². The molecule has 0 aromatic rings. The van der Waals surface area contributed by atoms with Gasteiger partial charge in [0.25, 0.3) is 0 Å². The van der Waals surface area contributed by atoms with Crippen LogP contribution in [-0.4, -0.2) is 40.9 Å². The molecule has 124 valence electrons. The lowest BCUT2D eigenvalue weighted by Gasteiger charge is -2.37. The van der Waals surface area contributed by atoms with Crippen LogP contribution in [0.15, 0.2) is 0 Å². The van der Waals surface area contributed by atoms with Crippen molar-refractivity contribution in [3.8, 4) is 0 Å². The largest absolute Gasteiger partial charge is 0.460 e. The molecule has 0 radical (unpaired) electrons. The zero-order chi connectivity index (χ0) is 17.1. The SMILES string of the molecule is CC(=O)C1(C(O)C(F)(F)C(F)(F)C(F)(F)C(F)(F)F)CC1. The molecule has 1 rings (SSSR count). The van der Waals surface area contributed by atoms with Crippen LogP contribution in [0.2, 0.25) is 0 Å². The number of aliphatic hydroxyl groups excluding tert-OH is 1. The zero-order valence-corrected chi connectivity index (χ0v) is 10.2. The number of hydrogen-bond acceptors (Lipinski definition) is 2. The van der Waals surface area contributed by atoms with Crippen LogP contribution in [0.1, 0.15) is 19.8 Å². The minimum atomic E-state index is -7.07. The van der Waals surface area contributed by atoms with Crippen molar-refractivity contribution in [3.63, 3.8) is 0 Å². The molecule has 0 bridgehead atoms. The highest BCUT2D eigenvalue weighted by atomic mass is 19.4. The topological polar surface area (TPSA) is 37.3 Å². The lowest BCUT2D eigenvalue weighted by atomic mass is 9.85. The van der Waals surface area contributed by atoms with Gasteiger partial charge < -0.3 is 5.11 Å². The van der Waals surface area contributed by atoms with Gasteiger partial charge in [0, 0.05) is 0 Å². The number of carbonyl (C=O) groups excluding carboxylic acids is 1. The van der Waals surface area contributed by atoms with Crippen LogP contribution in [0.3, 0.4) is 0 Å². The van der Waals surface area contributed by atoms with Crippen molar-refractivity contribution in [3.05, 3.63) is 0 Å². The number of rotatable bonds is 5. The Morgan fingerprint density at radius 3 is 1.57 bits per heavy atom. The van der Waals surface area contributed by atoms with Gasteiger partial charge in [0.1, 0.15) is 11.9 Å². The first-order chi connectivity index (χ1) is 9.06. The minimum absolute atomic E-state index is 0.507. The van der Waals surface area contributed by atoms with Gasteiger partial charge in [-0.05, 0) is 19.8 Å². The van der Waals surface area contributed by atoms with Crippen LogP contribution in [0.4, 0.5) is 39.5 Å². The molecular formula is C10H9F9O2. The molecule has 0 spiro atoms. The van der Waals surface area contributed by atoms with Gasteiger partial charge in [-0.25, -0.2) is 0 Å². The second kappa shape index (κ2) is 4.50. The molecule has 21 heavy (non-hydrogen) atoms. The smallest absolute Gasteiger partial charge is 0.386 e. The molecule has 0 amide bonds. The Kier molecular flexibility index (Phi) is 3.87. The van der Waals surface area contributed by atoms with Gasteiger partial charge in [0.05, 0.1) is 5.41 Å². The highest BCUT2D eigenvalue weighted by Crippen LogP contribution is 2.60. The number of halogens is 9. The molecule has 1 N–H and O–H groups in total. The van der Waals surface area contributed by atoms with Crippen LogP contribution < -0.4 is 0 Å². The molecule has 0 aromatic heterocycles. The maximum atomic E-state index is 13.4. The Morgan fingerprint density at radius 1 is 0.952 bits per heavy atom. The van der Waals surface area contributed by atoms with Crippen LogP contribution in [0.5, 0.6) is 0 Å². The van der Waals surface area contributed by atoms with Gasteiger partial charge in [-0.15, -0.1) is 0 Å². The molecule has 1 unspecified atom stereocenters. The highest BCUT2D eigenvalue weighted by Gasteiger charge is 2.85. The number of alkyl halides is 9. The predicted molar refractivity (Wildman–Crippen MR) is 49.3 cm³/mol. The van der Waals surface area contributed by atoms with E-state index in [0.29, 0.717) is 6.92 Å². The summed E-state index contributed by atoms with van der Waals surface area (Å²) in [7, 11) is 0. The number of Topliss-reactive ketones (excluding diaryl/α,β-unsaturated/α-hetero) is 1.